The van der Waals surface area contributed by atoms with Crippen LogP contribution < -0.4 is 5.32 Å². The smallest absolute Gasteiger partial charge is 0.130 e. The maximum Gasteiger partial charge on any atom is 0.130 e. The second-order valence-electron chi connectivity index (χ2n) is 2.98. The third-order valence-corrected chi connectivity index (χ3v) is 2.08. The van der Waals surface area contributed by atoms with Crippen LogP contribution in [0, 0.1) is 11.6 Å². The minimum atomic E-state index is -0.399. The van der Waals surface area contributed by atoms with Crippen molar-refractivity contribution in [2.75, 3.05) is 13.1 Å². The minimum Gasteiger partial charge on any atom is -0.309 e. The molecule has 1 nitrogen and oxygen atoms in total. The normalized spacial score (nSPS) is 16.0. The van der Waals surface area contributed by atoms with Gasteiger partial charge in [0.1, 0.15) is 11.6 Å². The molecule has 0 unspecified atom stereocenters. The van der Waals surface area contributed by atoms with Gasteiger partial charge in [-0.1, -0.05) is 6.08 Å². The Balaban J connectivity index is 2.43. The molecule has 3 heteroatoms. The maximum absolute atomic E-state index is 13.2. The Labute approximate surface area is 75.1 Å². The van der Waals surface area contributed by atoms with Crippen molar-refractivity contribution in [3.63, 3.8) is 0 Å². The molecule has 0 spiro atoms. The van der Waals surface area contributed by atoms with Gasteiger partial charge in [0, 0.05) is 18.7 Å². The standard InChI is InChI=1S/C10H9F2N/c11-8-1-2-10(12)9(5-8)7-3-4-13-6-7/h1-3,5,13H,4,6H2. The Bertz CT molecular complexity index is 358. The molecule has 2 rings (SSSR count). The van der Waals surface area contributed by atoms with Crippen LogP contribution in [0.25, 0.3) is 5.57 Å². The summed E-state index contributed by atoms with van der Waals surface area (Å²) in [5.74, 6) is -0.763. The van der Waals surface area contributed by atoms with Gasteiger partial charge in [0.2, 0.25) is 0 Å². The predicted molar refractivity (Wildman–Crippen MR) is 47.2 cm³/mol. The van der Waals surface area contributed by atoms with E-state index in [2.05, 4.69) is 5.32 Å². The number of rotatable bonds is 1. The second-order valence-corrected chi connectivity index (χ2v) is 2.98. The van der Waals surface area contributed by atoms with E-state index < -0.39 is 5.82 Å². The molecule has 1 aliphatic heterocycles. The fraction of sp³-hybridized carbons (Fsp3) is 0.200. The molecule has 1 aliphatic rings. The van der Waals surface area contributed by atoms with Crippen molar-refractivity contribution >= 4 is 5.57 Å². The van der Waals surface area contributed by atoms with E-state index in [1.807, 2.05) is 6.08 Å². The Hall–Kier alpha value is -1.22. The average Bonchev–Trinajstić information content (AvgIpc) is 2.61. The summed E-state index contributed by atoms with van der Waals surface area (Å²) in [7, 11) is 0. The van der Waals surface area contributed by atoms with Crippen LogP contribution in [-0.2, 0) is 0 Å². The zero-order chi connectivity index (χ0) is 9.26. The van der Waals surface area contributed by atoms with Gasteiger partial charge in [-0.15, -0.1) is 0 Å². The summed E-state index contributed by atoms with van der Waals surface area (Å²) in [6.45, 7) is 1.34. The number of halogens is 2. The van der Waals surface area contributed by atoms with Crippen LogP contribution >= 0.6 is 0 Å². The lowest BCUT2D eigenvalue weighted by Gasteiger charge is -2.03. The zero-order valence-corrected chi connectivity index (χ0v) is 6.98. The first-order chi connectivity index (χ1) is 6.27. The van der Waals surface area contributed by atoms with Crippen LogP contribution in [0.1, 0.15) is 5.56 Å². The molecule has 0 saturated heterocycles. The molecule has 1 aromatic carbocycles. The third-order valence-electron chi connectivity index (χ3n) is 2.08. The molecule has 1 N–H and O–H groups in total. The summed E-state index contributed by atoms with van der Waals surface area (Å²) in [6, 6.07) is 3.51. The van der Waals surface area contributed by atoms with Crippen molar-refractivity contribution < 1.29 is 8.78 Å². The van der Waals surface area contributed by atoms with Gasteiger partial charge in [-0.05, 0) is 23.8 Å². The molecule has 0 aromatic heterocycles. The molecule has 0 radical (unpaired) electrons. The third kappa shape index (κ3) is 1.60. The number of nitrogens with one attached hydrogen (secondary N) is 1. The maximum atomic E-state index is 13.2. The fourth-order valence-electron chi connectivity index (χ4n) is 1.42. The van der Waals surface area contributed by atoms with Crippen molar-refractivity contribution in [3.05, 3.63) is 41.5 Å². The van der Waals surface area contributed by atoms with E-state index in [9.17, 15) is 8.78 Å². The average molecular weight is 181 g/mol. The highest BCUT2D eigenvalue weighted by atomic mass is 19.1. The van der Waals surface area contributed by atoms with Gasteiger partial charge in [0.15, 0.2) is 0 Å². The van der Waals surface area contributed by atoms with Gasteiger partial charge in [-0.2, -0.15) is 0 Å². The minimum absolute atomic E-state index is 0.364. The molecule has 0 fully saturated rings. The molecule has 0 saturated carbocycles. The van der Waals surface area contributed by atoms with Crippen molar-refractivity contribution in [3.8, 4) is 0 Å². The van der Waals surface area contributed by atoms with E-state index in [-0.39, 0.29) is 5.82 Å². The quantitative estimate of drug-likeness (QED) is 0.698. The lowest BCUT2D eigenvalue weighted by molar-refractivity contribution is 0.596. The first-order valence-corrected chi connectivity index (χ1v) is 4.12. The van der Waals surface area contributed by atoms with E-state index in [4.69, 9.17) is 0 Å². The number of hydrogen-bond acceptors (Lipinski definition) is 1. The molecule has 1 aromatic rings. The Morgan fingerprint density at radius 2 is 2.08 bits per heavy atom. The predicted octanol–water partition coefficient (Wildman–Crippen LogP) is 1.95. The molecule has 0 aliphatic carbocycles. The summed E-state index contributed by atoms with van der Waals surface area (Å²) in [4.78, 5) is 0. The summed E-state index contributed by atoms with van der Waals surface area (Å²) < 4.78 is 26.0. The van der Waals surface area contributed by atoms with Gasteiger partial charge in [-0.3, -0.25) is 0 Å². The highest BCUT2D eigenvalue weighted by Crippen LogP contribution is 2.20. The first-order valence-electron chi connectivity index (χ1n) is 4.12. The van der Waals surface area contributed by atoms with Gasteiger partial charge in [0.05, 0.1) is 0 Å². The lowest BCUT2D eigenvalue weighted by atomic mass is 10.1. The molecular formula is C10H9F2N. The first kappa shape index (κ1) is 8.38. The molecule has 68 valence electrons. The van der Waals surface area contributed by atoms with Gasteiger partial charge in [-0.25, -0.2) is 8.78 Å². The van der Waals surface area contributed by atoms with E-state index in [1.165, 1.54) is 6.07 Å². The second kappa shape index (κ2) is 3.26. The van der Waals surface area contributed by atoms with E-state index >= 15 is 0 Å². The Morgan fingerprint density at radius 3 is 2.77 bits per heavy atom. The number of benzene rings is 1. The van der Waals surface area contributed by atoms with Gasteiger partial charge < -0.3 is 5.32 Å². The summed E-state index contributed by atoms with van der Waals surface area (Å²) in [6.07, 6.45) is 1.87. The highest BCUT2D eigenvalue weighted by molar-refractivity contribution is 5.69. The summed E-state index contributed by atoms with van der Waals surface area (Å²) in [5, 5.41) is 3.04. The largest absolute Gasteiger partial charge is 0.309 e. The van der Waals surface area contributed by atoms with Crippen LogP contribution in [0.4, 0.5) is 8.78 Å². The molecule has 0 bridgehead atoms. The topological polar surface area (TPSA) is 12.0 Å². The van der Waals surface area contributed by atoms with Gasteiger partial charge in [0.25, 0.3) is 0 Å². The van der Waals surface area contributed by atoms with Crippen molar-refractivity contribution in [1.82, 2.24) is 5.32 Å². The lowest BCUT2D eigenvalue weighted by Crippen LogP contribution is -2.08. The molecule has 0 amide bonds. The molecule has 1 heterocycles. The Kier molecular flexibility index (Phi) is 2.10. The van der Waals surface area contributed by atoms with Crippen molar-refractivity contribution in [1.29, 1.82) is 0 Å². The van der Waals surface area contributed by atoms with Gasteiger partial charge >= 0.3 is 0 Å². The SMILES string of the molecule is Fc1ccc(F)c(C2=CCNC2)c1. The van der Waals surface area contributed by atoms with Crippen molar-refractivity contribution in [2.45, 2.75) is 0 Å². The summed E-state index contributed by atoms with van der Waals surface area (Å²) in [5.41, 5.74) is 1.20. The van der Waals surface area contributed by atoms with Crippen LogP contribution in [0.2, 0.25) is 0 Å². The van der Waals surface area contributed by atoms with Crippen LogP contribution in [0.15, 0.2) is 24.3 Å². The molecule has 13 heavy (non-hydrogen) atoms. The Morgan fingerprint density at radius 1 is 1.23 bits per heavy atom. The van der Waals surface area contributed by atoms with Crippen LogP contribution in [-0.4, -0.2) is 13.1 Å². The van der Waals surface area contributed by atoms with Crippen LogP contribution in [0.5, 0.6) is 0 Å². The van der Waals surface area contributed by atoms with E-state index in [1.54, 1.807) is 0 Å². The summed E-state index contributed by atoms with van der Waals surface area (Å²) >= 11 is 0. The van der Waals surface area contributed by atoms with E-state index in [0.717, 1.165) is 24.3 Å². The highest BCUT2D eigenvalue weighted by Gasteiger charge is 2.11. The number of hydrogen-bond donors (Lipinski definition) is 1. The molecular weight excluding hydrogens is 172 g/mol. The fourth-order valence-corrected chi connectivity index (χ4v) is 1.42. The van der Waals surface area contributed by atoms with Crippen molar-refractivity contribution in [2.24, 2.45) is 0 Å². The monoisotopic (exact) mass is 181 g/mol. The van der Waals surface area contributed by atoms with E-state index in [0.29, 0.717) is 12.1 Å². The molecule has 0 atom stereocenters. The van der Waals surface area contributed by atoms with Crippen LogP contribution in [0.3, 0.4) is 0 Å². The zero-order valence-electron chi connectivity index (χ0n) is 6.98.